The van der Waals surface area contributed by atoms with Crippen molar-refractivity contribution in [2.75, 3.05) is 0 Å². The Hall–Kier alpha value is -8.91. The summed E-state index contributed by atoms with van der Waals surface area (Å²) in [5.74, 6) is 7.14. The number of rotatable bonds is 24. The van der Waals surface area contributed by atoms with Crippen molar-refractivity contribution in [1.82, 2.24) is 0 Å². The van der Waals surface area contributed by atoms with E-state index in [-0.39, 0.29) is 94.1 Å². The zero-order valence-electron chi connectivity index (χ0n) is 79.4. The first kappa shape index (κ1) is 98.3. The molecule has 0 N–H and O–H groups in total. The largest absolute Gasteiger partial charge is 0.462 e. The van der Waals surface area contributed by atoms with Gasteiger partial charge in [-0.05, 0) is 278 Å². The van der Waals surface area contributed by atoms with Gasteiger partial charge in [0.25, 0.3) is 0 Å². The lowest BCUT2D eigenvalue weighted by Gasteiger charge is -2.55. The van der Waals surface area contributed by atoms with Gasteiger partial charge >= 0.3 is 41.8 Å². The molecule has 8 aromatic carbocycles. The third kappa shape index (κ3) is 24.3. The molecule has 12 atom stereocenters. The van der Waals surface area contributed by atoms with Crippen LogP contribution in [-0.2, 0) is 81.8 Å². The van der Waals surface area contributed by atoms with Crippen LogP contribution in [0.4, 0.5) is 0 Å². The Kier molecular flexibility index (Phi) is 34.4. The maximum Gasteiger partial charge on any atom is 0.316 e. The number of hydrogen-bond acceptors (Lipinski definition) is 14. The molecule has 125 heavy (non-hydrogen) atoms. The molecule has 0 spiro atoms. The molecular formula is C111H150O14. The van der Waals surface area contributed by atoms with E-state index in [1.54, 1.807) is 0 Å². The van der Waals surface area contributed by atoms with Crippen molar-refractivity contribution in [3.8, 4) is 5.75 Å². The maximum absolute atomic E-state index is 12.5. The predicted molar refractivity (Wildman–Crippen MR) is 504 cm³/mol. The number of carbonyl (C=O) groups is 7. The zero-order valence-corrected chi connectivity index (χ0v) is 79.4. The summed E-state index contributed by atoms with van der Waals surface area (Å²) in [5, 5.41) is 8.75. The molecule has 0 radical (unpaired) electrons. The van der Waals surface area contributed by atoms with Crippen molar-refractivity contribution in [3.63, 3.8) is 0 Å². The molecule has 12 unspecified atom stereocenters. The van der Waals surface area contributed by atoms with E-state index < -0.39 is 10.8 Å². The van der Waals surface area contributed by atoms with Gasteiger partial charge < -0.3 is 33.2 Å². The molecule has 9 aliphatic carbocycles. The van der Waals surface area contributed by atoms with E-state index in [2.05, 4.69) is 71.0 Å². The van der Waals surface area contributed by atoms with Gasteiger partial charge in [0.15, 0.2) is 0 Å². The molecule has 0 saturated heterocycles. The van der Waals surface area contributed by atoms with Gasteiger partial charge in [0.1, 0.15) is 43.4 Å². The van der Waals surface area contributed by atoms with E-state index in [0.29, 0.717) is 36.9 Å². The summed E-state index contributed by atoms with van der Waals surface area (Å²) in [6.45, 7) is 41.5. The van der Waals surface area contributed by atoms with Crippen LogP contribution in [-0.4, -0.2) is 59.6 Å². The molecular weight excluding hydrogens is 1560 g/mol. The number of carbonyl (C=O) groups excluding carboxylic acids is 7. The Morgan fingerprint density at radius 1 is 0.400 bits per heavy atom. The second-order valence-electron chi connectivity index (χ2n) is 40.7. The molecule has 9 aliphatic rings. The van der Waals surface area contributed by atoms with Gasteiger partial charge in [0.05, 0.1) is 39.9 Å². The minimum atomic E-state index is -0.488. The molecule has 17 rings (SSSR count). The van der Waals surface area contributed by atoms with Gasteiger partial charge in [0.2, 0.25) is 0 Å². The minimum Gasteiger partial charge on any atom is -0.462 e. The minimum absolute atomic E-state index is 0.00119. The second kappa shape index (κ2) is 43.7. The molecule has 0 aliphatic heterocycles. The smallest absolute Gasteiger partial charge is 0.316 e. The summed E-state index contributed by atoms with van der Waals surface area (Å²) in [6, 6.07) is 56.3. The third-order valence-corrected chi connectivity index (χ3v) is 30.9. The number of ether oxygens (including phenoxy) is 7. The average Bonchev–Trinajstić information content (AvgIpc) is 1.58. The molecule has 14 nitrogen and oxygen atoms in total. The SMILES string of the molecule is CCC(C)(C)C(=O)OCc1c2ccccc2cc2ccccc12.CCC(C)(C)C(=O)OCc1ccccc1.CCC(C)(C)C(=O)Oc1c2ccccc2cc2ccccc12.CCC(C)C(=O)OC12CC3CC(CC(C3)C1)C2.CCC(C)C(=O)OC1CC2CC1C1CCCC21.CCC(C)C(=O)OC1CC2CCC1(C)C2(C)C.CCC(C)C(=O)OCc1ccccc1. The summed E-state index contributed by atoms with van der Waals surface area (Å²) in [7, 11) is 0. The summed E-state index contributed by atoms with van der Waals surface area (Å²) in [6.07, 6.45) is 24.2. The Morgan fingerprint density at radius 2 is 0.792 bits per heavy atom. The van der Waals surface area contributed by atoms with Crippen molar-refractivity contribution in [1.29, 1.82) is 0 Å². The van der Waals surface area contributed by atoms with Crippen LogP contribution in [0.1, 0.15) is 290 Å². The molecule has 8 aromatic rings. The molecule has 0 aromatic heterocycles. The number of benzene rings is 8. The van der Waals surface area contributed by atoms with Crippen LogP contribution < -0.4 is 4.74 Å². The fourth-order valence-corrected chi connectivity index (χ4v) is 20.2. The summed E-state index contributed by atoms with van der Waals surface area (Å²) >= 11 is 0. The molecule has 0 amide bonds. The lowest BCUT2D eigenvalue weighted by molar-refractivity contribution is -0.190. The predicted octanol–water partition coefficient (Wildman–Crippen LogP) is 27.5. The van der Waals surface area contributed by atoms with Crippen molar-refractivity contribution in [2.45, 2.75) is 311 Å². The van der Waals surface area contributed by atoms with Crippen LogP contribution in [0.2, 0.25) is 0 Å². The third-order valence-electron chi connectivity index (χ3n) is 30.9. The van der Waals surface area contributed by atoms with Crippen LogP contribution in [0.25, 0.3) is 43.1 Å². The second-order valence-corrected chi connectivity index (χ2v) is 40.7. The lowest BCUT2D eigenvalue weighted by atomic mass is 9.54. The normalized spacial score (nSPS) is 24.6. The van der Waals surface area contributed by atoms with Gasteiger partial charge in [-0.15, -0.1) is 0 Å². The molecule has 9 fully saturated rings. The lowest BCUT2D eigenvalue weighted by Crippen LogP contribution is -2.53. The van der Waals surface area contributed by atoms with Crippen LogP contribution in [0, 0.1) is 98.1 Å². The highest BCUT2D eigenvalue weighted by atomic mass is 16.6. The highest BCUT2D eigenvalue weighted by Crippen LogP contribution is 2.67. The molecule has 0 heterocycles. The van der Waals surface area contributed by atoms with Gasteiger partial charge in [-0.3, -0.25) is 33.6 Å². The maximum atomic E-state index is 12.5. The fraction of sp³-hybridized carbons (Fsp3) is 0.577. The van der Waals surface area contributed by atoms with E-state index in [1.165, 1.54) is 68.6 Å². The fourth-order valence-electron chi connectivity index (χ4n) is 20.2. The molecule has 14 heteroatoms. The first-order valence-electron chi connectivity index (χ1n) is 47.7. The molecule has 9 saturated carbocycles. The van der Waals surface area contributed by atoms with E-state index in [0.717, 1.165) is 167 Å². The Morgan fingerprint density at radius 3 is 1.23 bits per heavy atom. The summed E-state index contributed by atoms with van der Waals surface area (Å²) in [5.41, 5.74) is 2.30. The number of esters is 7. The summed E-state index contributed by atoms with van der Waals surface area (Å²) in [4.78, 5) is 83.7. The van der Waals surface area contributed by atoms with Crippen LogP contribution in [0.5, 0.6) is 5.75 Å². The highest BCUT2D eigenvalue weighted by Gasteiger charge is 2.63. The van der Waals surface area contributed by atoms with E-state index in [9.17, 15) is 33.6 Å². The van der Waals surface area contributed by atoms with Gasteiger partial charge in [0, 0.05) is 21.8 Å². The van der Waals surface area contributed by atoms with Gasteiger partial charge in [-0.2, -0.15) is 0 Å². The molecule has 8 bridgehead atoms. The van der Waals surface area contributed by atoms with E-state index in [1.807, 2.05) is 237 Å². The topological polar surface area (TPSA) is 184 Å². The number of fused-ring (bicyclic) bond motifs is 11. The van der Waals surface area contributed by atoms with Crippen molar-refractivity contribution in [3.05, 3.63) is 187 Å². The first-order valence-corrected chi connectivity index (χ1v) is 47.7. The van der Waals surface area contributed by atoms with Crippen LogP contribution >= 0.6 is 0 Å². The standard InChI is InChI=1S/C21H22O2.C20H20O2.2C15H24O2.C15H26O2.C13H18O2.C12H16O2/c1-4-21(2,3)20(22)23-14-19-17-11-7-5-9-15(17)13-16-10-6-8-12-18(16)19;1-4-20(2,3)19(21)22-18-16-11-7-5-9-14(16)13-15-10-6-8-12-17(15)18;1-3-10(2)14(16)17-15-7-11-4-12(8-15)6-13(5-11)9-15;1-3-9(2)15(16)17-14-8-10-7-13(14)12-6-4-5-11(10)12;1-6-10(2)13(16)17-12-9-11-7-8-15(12,5)14(11,3)4;1-4-13(2,3)12(14)15-10-11-8-6-5-7-9-11;1-3-10(2)12(13)14-9-11-7-5-4-6-8-11/h5-13H,4,14H2,1-3H3;5-13H,4H2,1-3H3;10-13H,3-9H2,1-2H3;9-14H,3-8H2,1-2H3;10-12H,6-9H2,1-5H3;5-9H,4,10H2,1-3H3;4-8,10H,3,9H2,1-2H3. The van der Waals surface area contributed by atoms with Crippen molar-refractivity contribution < 1.29 is 66.7 Å². The molecule has 678 valence electrons. The average molecular weight is 1710 g/mol. The van der Waals surface area contributed by atoms with Crippen molar-refractivity contribution in [2.24, 2.45) is 98.1 Å². The quantitative estimate of drug-likeness (QED) is 0.0241. The zero-order chi connectivity index (χ0) is 90.8. The highest BCUT2D eigenvalue weighted by molar-refractivity contribution is 6.07. The van der Waals surface area contributed by atoms with Gasteiger partial charge in [-0.25, -0.2) is 0 Å². The van der Waals surface area contributed by atoms with Crippen molar-refractivity contribution >= 4 is 84.9 Å². The summed E-state index contributed by atoms with van der Waals surface area (Å²) < 4.78 is 39.4. The van der Waals surface area contributed by atoms with Crippen LogP contribution in [0.15, 0.2) is 170 Å². The Balaban J connectivity index is 0.000000153. The van der Waals surface area contributed by atoms with E-state index in [4.69, 9.17) is 33.2 Å². The Bertz CT molecular complexity index is 4760. The monoisotopic (exact) mass is 1710 g/mol. The van der Waals surface area contributed by atoms with Gasteiger partial charge in [-0.1, -0.05) is 261 Å². The number of hydrogen-bond donors (Lipinski definition) is 0. The van der Waals surface area contributed by atoms with Crippen LogP contribution in [0.3, 0.4) is 0 Å². The Labute approximate surface area is 748 Å². The van der Waals surface area contributed by atoms with E-state index >= 15 is 0 Å². The first-order chi connectivity index (χ1) is 59.5.